The number of benzene rings is 1. The van der Waals surface area contributed by atoms with Gasteiger partial charge in [-0.2, -0.15) is 0 Å². The first-order valence-electron chi connectivity index (χ1n) is 4.12. The molecule has 0 aromatic heterocycles. The molecule has 5 heteroatoms. The number of carbonyl (C=O) groups excluding carboxylic acids is 2. The van der Waals surface area contributed by atoms with E-state index in [0.717, 1.165) is 7.11 Å². The molecule has 1 aromatic carbocycles. The second-order valence-electron chi connectivity index (χ2n) is 2.80. The summed E-state index contributed by atoms with van der Waals surface area (Å²) >= 11 is 0. The second kappa shape index (κ2) is 4.84. The Kier molecular flexibility index (Phi) is 3.74. The lowest BCUT2D eigenvalue weighted by atomic mass is 10.1. The van der Waals surface area contributed by atoms with Crippen LogP contribution in [-0.2, 0) is 20.3 Å². The van der Waals surface area contributed by atoms with Crippen LogP contribution in [-0.4, -0.2) is 29.3 Å². The van der Waals surface area contributed by atoms with E-state index < -0.39 is 22.6 Å². The Morgan fingerprint density at radius 2 is 1.73 bits per heavy atom. The number of hydrogen-bond acceptors (Lipinski definition) is 4. The van der Waals surface area contributed by atoms with Gasteiger partial charge in [-0.3, -0.25) is 9.00 Å². The first kappa shape index (κ1) is 11.6. The zero-order chi connectivity index (χ0) is 11.4. The highest BCUT2D eigenvalue weighted by Gasteiger charge is 2.16. The molecule has 80 valence electrons. The Bertz CT molecular complexity index is 408. The maximum Gasteiger partial charge on any atom is 0.379 e. The van der Waals surface area contributed by atoms with Gasteiger partial charge in [-0.1, -0.05) is 0 Å². The molecule has 4 nitrogen and oxygen atoms in total. The first-order chi connectivity index (χ1) is 7.06. The van der Waals surface area contributed by atoms with Crippen LogP contribution in [0.25, 0.3) is 0 Å². The van der Waals surface area contributed by atoms with E-state index in [0.29, 0.717) is 4.90 Å². The number of esters is 1. The summed E-state index contributed by atoms with van der Waals surface area (Å²) in [5, 5.41) is 0. The Morgan fingerprint density at radius 1 is 1.20 bits per heavy atom. The molecular formula is C10H10O4S. The monoisotopic (exact) mass is 226 g/mol. The van der Waals surface area contributed by atoms with Crippen molar-refractivity contribution < 1.29 is 18.5 Å². The van der Waals surface area contributed by atoms with Crippen molar-refractivity contribution in [2.75, 3.05) is 13.4 Å². The molecule has 0 N–H and O–H groups in total. The Balaban J connectivity index is 2.94. The fraction of sp³-hybridized carbons (Fsp3) is 0.200. The van der Waals surface area contributed by atoms with Gasteiger partial charge in [0.25, 0.3) is 5.78 Å². The molecule has 0 bridgehead atoms. The van der Waals surface area contributed by atoms with Crippen molar-refractivity contribution in [2.45, 2.75) is 4.90 Å². The summed E-state index contributed by atoms with van der Waals surface area (Å²) in [6.45, 7) is 0. The Morgan fingerprint density at radius 3 is 2.13 bits per heavy atom. The third-order valence-electron chi connectivity index (χ3n) is 1.82. The first-order valence-corrected chi connectivity index (χ1v) is 5.68. The Hall–Kier alpha value is -1.49. The molecule has 0 heterocycles. The molecule has 0 aliphatic rings. The van der Waals surface area contributed by atoms with E-state index in [1.54, 1.807) is 12.1 Å². The average Bonchev–Trinajstić information content (AvgIpc) is 2.27. The van der Waals surface area contributed by atoms with Crippen LogP contribution in [0.4, 0.5) is 0 Å². The van der Waals surface area contributed by atoms with Gasteiger partial charge in [-0.05, 0) is 24.3 Å². The molecule has 15 heavy (non-hydrogen) atoms. The van der Waals surface area contributed by atoms with Crippen LogP contribution in [0.1, 0.15) is 10.4 Å². The highest BCUT2D eigenvalue weighted by atomic mass is 32.2. The maximum absolute atomic E-state index is 11.3. The van der Waals surface area contributed by atoms with Gasteiger partial charge in [0.1, 0.15) is 0 Å². The van der Waals surface area contributed by atoms with Gasteiger partial charge in [-0.15, -0.1) is 0 Å². The molecule has 1 aromatic rings. The van der Waals surface area contributed by atoms with Crippen molar-refractivity contribution >= 4 is 22.6 Å². The summed E-state index contributed by atoms with van der Waals surface area (Å²) < 4.78 is 15.3. The summed E-state index contributed by atoms with van der Waals surface area (Å²) in [6, 6.07) is 6.00. The van der Waals surface area contributed by atoms with Crippen LogP contribution in [0.3, 0.4) is 0 Å². The second-order valence-corrected chi connectivity index (χ2v) is 4.18. The quantitative estimate of drug-likeness (QED) is 0.434. The molecule has 1 unspecified atom stereocenters. The molecule has 0 aliphatic heterocycles. The Labute approximate surface area is 89.7 Å². The van der Waals surface area contributed by atoms with Gasteiger partial charge in [0.05, 0.1) is 7.11 Å². The largest absolute Gasteiger partial charge is 0.463 e. The molecule has 0 saturated heterocycles. The normalized spacial score (nSPS) is 11.9. The molecule has 1 rings (SSSR count). The molecule has 0 fully saturated rings. The van der Waals surface area contributed by atoms with Crippen molar-refractivity contribution in [1.82, 2.24) is 0 Å². The van der Waals surface area contributed by atoms with E-state index in [2.05, 4.69) is 4.74 Å². The van der Waals surface area contributed by atoms with Gasteiger partial charge in [0.15, 0.2) is 0 Å². The van der Waals surface area contributed by atoms with Crippen LogP contribution in [0.5, 0.6) is 0 Å². The SMILES string of the molecule is COC(=O)C(=O)c1ccc(S(C)=O)cc1. The van der Waals surface area contributed by atoms with Gasteiger partial charge in [0, 0.05) is 27.5 Å². The predicted molar refractivity (Wildman–Crippen MR) is 55.1 cm³/mol. The molecule has 0 radical (unpaired) electrons. The summed E-state index contributed by atoms with van der Waals surface area (Å²) in [4.78, 5) is 22.8. The molecule has 0 spiro atoms. The molecule has 0 aliphatic carbocycles. The summed E-state index contributed by atoms with van der Waals surface area (Å²) in [7, 11) is 0.0581. The zero-order valence-corrected chi connectivity index (χ0v) is 9.17. The third kappa shape index (κ3) is 2.73. The maximum atomic E-state index is 11.3. The summed E-state index contributed by atoms with van der Waals surface area (Å²) in [5.41, 5.74) is 0.232. The molecule has 1 atom stereocenters. The van der Waals surface area contributed by atoms with Crippen molar-refractivity contribution in [1.29, 1.82) is 0 Å². The fourth-order valence-corrected chi connectivity index (χ4v) is 1.53. The van der Waals surface area contributed by atoms with Crippen LogP contribution in [0, 0.1) is 0 Å². The molecule has 0 saturated carbocycles. The minimum Gasteiger partial charge on any atom is -0.463 e. The fourth-order valence-electron chi connectivity index (χ4n) is 1.01. The lowest BCUT2D eigenvalue weighted by Gasteiger charge is -2.00. The van der Waals surface area contributed by atoms with E-state index in [9.17, 15) is 13.8 Å². The van der Waals surface area contributed by atoms with Crippen molar-refractivity contribution in [2.24, 2.45) is 0 Å². The number of ketones is 1. The van der Waals surface area contributed by atoms with E-state index in [4.69, 9.17) is 0 Å². The van der Waals surface area contributed by atoms with Crippen LogP contribution in [0.15, 0.2) is 29.2 Å². The smallest absolute Gasteiger partial charge is 0.379 e. The van der Waals surface area contributed by atoms with E-state index in [-0.39, 0.29) is 5.56 Å². The summed E-state index contributed by atoms with van der Waals surface area (Å²) in [5.74, 6) is -1.61. The number of Topliss-reactive ketones (excluding diaryl/α,β-unsaturated/α-hetero) is 1. The number of carbonyl (C=O) groups is 2. The van der Waals surface area contributed by atoms with Crippen molar-refractivity contribution in [3.63, 3.8) is 0 Å². The average molecular weight is 226 g/mol. The number of rotatable bonds is 3. The standard InChI is InChI=1S/C10H10O4S/c1-14-10(12)9(11)7-3-5-8(6-4-7)15(2)13/h3-6H,1-2H3. The van der Waals surface area contributed by atoms with Gasteiger partial charge >= 0.3 is 5.97 Å². The number of hydrogen-bond donors (Lipinski definition) is 0. The van der Waals surface area contributed by atoms with Crippen LogP contribution < -0.4 is 0 Å². The van der Waals surface area contributed by atoms with Gasteiger partial charge in [-0.25, -0.2) is 4.79 Å². The van der Waals surface area contributed by atoms with E-state index in [1.165, 1.54) is 18.4 Å². The topological polar surface area (TPSA) is 60.4 Å². The van der Waals surface area contributed by atoms with E-state index >= 15 is 0 Å². The highest BCUT2D eigenvalue weighted by Crippen LogP contribution is 2.08. The highest BCUT2D eigenvalue weighted by molar-refractivity contribution is 7.84. The lowest BCUT2D eigenvalue weighted by Crippen LogP contribution is -2.15. The van der Waals surface area contributed by atoms with Crippen molar-refractivity contribution in [3.05, 3.63) is 29.8 Å². The predicted octanol–water partition coefficient (Wildman–Crippen LogP) is 0.780. The van der Waals surface area contributed by atoms with Crippen molar-refractivity contribution in [3.8, 4) is 0 Å². The number of methoxy groups -OCH3 is 1. The number of ether oxygens (including phenoxy) is 1. The van der Waals surface area contributed by atoms with Gasteiger partial charge in [0.2, 0.25) is 0 Å². The van der Waals surface area contributed by atoms with Gasteiger partial charge < -0.3 is 4.74 Å². The van der Waals surface area contributed by atoms with Crippen LogP contribution in [0.2, 0.25) is 0 Å². The minimum atomic E-state index is -1.09. The molecular weight excluding hydrogens is 216 g/mol. The van der Waals surface area contributed by atoms with Crippen LogP contribution >= 0.6 is 0 Å². The lowest BCUT2D eigenvalue weighted by molar-refractivity contribution is -0.135. The third-order valence-corrected chi connectivity index (χ3v) is 2.76. The molecule has 0 amide bonds. The van der Waals surface area contributed by atoms with E-state index in [1.807, 2.05) is 0 Å². The minimum absolute atomic E-state index is 0.232. The summed E-state index contributed by atoms with van der Waals surface area (Å²) in [6.07, 6.45) is 1.54. The zero-order valence-electron chi connectivity index (χ0n) is 8.35.